The maximum atomic E-state index is 11.8. The third-order valence-electron chi connectivity index (χ3n) is 3.13. The predicted octanol–water partition coefficient (Wildman–Crippen LogP) is 0.572. The minimum absolute atomic E-state index is 0.147. The molecule has 0 radical (unpaired) electrons. The summed E-state index contributed by atoms with van der Waals surface area (Å²) in [4.78, 5) is 25.2. The topological polar surface area (TPSA) is 111 Å². The van der Waals surface area contributed by atoms with E-state index in [1.807, 2.05) is 0 Å². The van der Waals surface area contributed by atoms with Gasteiger partial charge in [-0.05, 0) is 18.2 Å². The first-order valence-electron chi connectivity index (χ1n) is 6.24. The Labute approximate surface area is 124 Å². The molecular formula is C11H16ClN2O6P. The summed E-state index contributed by atoms with van der Waals surface area (Å²) in [5.41, 5.74) is -0.738. The maximum Gasteiger partial charge on any atom is 0.330 e. The highest BCUT2D eigenvalue weighted by Gasteiger charge is 2.36. The second-order valence-electron chi connectivity index (χ2n) is 4.95. The van der Waals surface area contributed by atoms with Gasteiger partial charge in [-0.15, -0.1) is 0 Å². The number of nitrogens with one attached hydrogen (secondary N) is 1. The lowest BCUT2D eigenvalue weighted by atomic mass is 10.2. The molecule has 2 N–H and O–H groups in total. The van der Waals surface area contributed by atoms with Gasteiger partial charge in [0.1, 0.15) is 12.3 Å². The smallest absolute Gasteiger partial charge is 0.330 e. The van der Waals surface area contributed by atoms with Crippen molar-refractivity contribution in [1.82, 2.24) is 9.55 Å². The summed E-state index contributed by atoms with van der Waals surface area (Å²) in [5, 5.41) is 9.91. The molecule has 0 spiro atoms. The number of rotatable bonds is 4. The quantitative estimate of drug-likeness (QED) is 0.777. The van der Waals surface area contributed by atoms with E-state index in [0.29, 0.717) is 5.56 Å². The van der Waals surface area contributed by atoms with Crippen molar-refractivity contribution in [3.8, 4) is 0 Å². The zero-order valence-corrected chi connectivity index (χ0v) is 13.1. The predicted molar refractivity (Wildman–Crippen MR) is 75.9 cm³/mol. The third kappa shape index (κ3) is 4.05. The fourth-order valence-corrected chi connectivity index (χ4v) is 2.62. The molecule has 1 aromatic rings. The lowest BCUT2D eigenvalue weighted by molar-refractivity contribution is -0.0400. The normalized spacial score (nSPS) is 28.5. The highest BCUT2D eigenvalue weighted by Crippen LogP contribution is 2.48. The Hall–Kier alpha value is -0.920. The number of ether oxygens (including phenoxy) is 1. The molecule has 0 amide bonds. The number of aliphatic hydroxyl groups is 1. The van der Waals surface area contributed by atoms with Crippen molar-refractivity contribution >= 4 is 18.0 Å². The Morgan fingerprint density at radius 1 is 1.62 bits per heavy atom. The van der Waals surface area contributed by atoms with Crippen molar-refractivity contribution in [2.45, 2.75) is 31.8 Å². The van der Waals surface area contributed by atoms with Crippen LogP contribution < -0.4 is 11.2 Å². The fraction of sp³-hybridized carbons (Fsp3) is 0.636. The summed E-state index contributed by atoms with van der Waals surface area (Å²) in [7, 11) is 0. The van der Waals surface area contributed by atoms with Crippen LogP contribution in [0.15, 0.2) is 15.8 Å². The Bertz CT molecular complexity index is 680. The van der Waals surface area contributed by atoms with Crippen LogP contribution in [0.1, 0.15) is 18.2 Å². The molecule has 1 unspecified atom stereocenters. The van der Waals surface area contributed by atoms with Crippen molar-refractivity contribution in [3.05, 3.63) is 32.6 Å². The summed E-state index contributed by atoms with van der Waals surface area (Å²) in [5.74, 6) is 0. The van der Waals surface area contributed by atoms with Gasteiger partial charge in [-0.2, -0.15) is 0 Å². The van der Waals surface area contributed by atoms with Gasteiger partial charge < -0.3 is 14.4 Å². The highest BCUT2D eigenvalue weighted by molar-refractivity contribution is 7.84. The summed E-state index contributed by atoms with van der Waals surface area (Å²) in [6, 6.07) is 0. The first kappa shape index (κ1) is 16.5. The molecule has 0 aromatic carbocycles. The van der Waals surface area contributed by atoms with Crippen LogP contribution in [0.4, 0.5) is 0 Å². The molecule has 0 saturated carbocycles. The van der Waals surface area contributed by atoms with Gasteiger partial charge in [-0.3, -0.25) is 18.9 Å². The summed E-state index contributed by atoms with van der Waals surface area (Å²) in [6.45, 7) is -0.546. The zero-order chi connectivity index (χ0) is 15.8. The second kappa shape index (κ2) is 6.06. The van der Waals surface area contributed by atoms with Crippen molar-refractivity contribution < 1.29 is 18.9 Å². The van der Waals surface area contributed by atoms with Crippen LogP contribution in [0.5, 0.6) is 0 Å². The van der Waals surface area contributed by atoms with Crippen molar-refractivity contribution in [3.63, 3.8) is 0 Å². The first-order chi connectivity index (χ1) is 9.67. The summed E-state index contributed by atoms with van der Waals surface area (Å²) < 4.78 is 22.9. The van der Waals surface area contributed by atoms with Gasteiger partial charge in [-0.25, -0.2) is 4.79 Å². The Morgan fingerprint density at radius 2 is 2.29 bits per heavy atom. The largest absolute Gasteiger partial charge is 0.390 e. The Kier molecular flexibility index (Phi) is 4.75. The molecule has 21 heavy (non-hydrogen) atoms. The lowest BCUT2D eigenvalue weighted by Gasteiger charge is -2.17. The second-order valence-corrected chi connectivity index (χ2v) is 8.55. The Morgan fingerprint density at radius 3 is 2.90 bits per heavy atom. The minimum Gasteiger partial charge on any atom is -0.390 e. The van der Waals surface area contributed by atoms with E-state index in [9.17, 15) is 19.3 Å². The molecule has 1 aliphatic rings. The van der Waals surface area contributed by atoms with Gasteiger partial charge in [0.15, 0.2) is 0 Å². The van der Waals surface area contributed by atoms with Gasteiger partial charge in [0.2, 0.25) is 0 Å². The van der Waals surface area contributed by atoms with E-state index in [2.05, 4.69) is 4.98 Å². The van der Waals surface area contributed by atoms with Crippen LogP contribution in [-0.4, -0.2) is 40.1 Å². The van der Waals surface area contributed by atoms with Gasteiger partial charge >= 0.3 is 5.69 Å². The van der Waals surface area contributed by atoms with E-state index in [1.165, 1.54) is 17.4 Å². The average molecular weight is 339 g/mol. The molecule has 1 aromatic heterocycles. The summed E-state index contributed by atoms with van der Waals surface area (Å²) >= 11 is 5.48. The highest BCUT2D eigenvalue weighted by atomic mass is 35.7. The van der Waals surface area contributed by atoms with Crippen LogP contribution in [0, 0.1) is 6.92 Å². The van der Waals surface area contributed by atoms with Crippen LogP contribution in [0.2, 0.25) is 0 Å². The van der Waals surface area contributed by atoms with E-state index < -0.39 is 36.4 Å². The number of aromatic nitrogens is 2. The lowest BCUT2D eigenvalue weighted by Crippen LogP contribution is -2.33. The van der Waals surface area contributed by atoms with Crippen LogP contribution in [0.25, 0.3) is 0 Å². The zero-order valence-electron chi connectivity index (χ0n) is 11.5. The average Bonchev–Trinajstić information content (AvgIpc) is 2.72. The standard InChI is InChI=1S/C11H16ClN2O6P/c1-6-4-14(11(17)13-10(6)16)9-3-7(15)8(20-9)5-19-21(2,12)18/h4,7-9,15H,3,5H2,1-2H3,(H,13,16,17)/t7-,8+,9+,21?/m0/s1. The molecule has 10 heteroatoms. The monoisotopic (exact) mass is 338 g/mol. The number of aromatic amines is 1. The Balaban J connectivity index is 2.14. The molecule has 8 nitrogen and oxygen atoms in total. The molecule has 2 heterocycles. The number of nitrogens with zero attached hydrogens (tertiary/aromatic N) is 1. The van der Waals surface area contributed by atoms with Gasteiger partial charge in [0.25, 0.3) is 12.3 Å². The van der Waals surface area contributed by atoms with E-state index in [4.69, 9.17) is 20.5 Å². The molecule has 1 saturated heterocycles. The third-order valence-corrected chi connectivity index (χ3v) is 4.03. The van der Waals surface area contributed by atoms with Crippen LogP contribution in [-0.2, 0) is 13.8 Å². The molecule has 4 atom stereocenters. The molecule has 0 bridgehead atoms. The van der Waals surface area contributed by atoms with Crippen molar-refractivity contribution in [1.29, 1.82) is 0 Å². The van der Waals surface area contributed by atoms with Gasteiger partial charge in [0, 0.05) is 24.8 Å². The molecule has 118 valence electrons. The number of aryl methyl sites for hydroxylation is 1. The van der Waals surface area contributed by atoms with Crippen molar-refractivity contribution in [2.75, 3.05) is 13.3 Å². The number of hydrogen-bond acceptors (Lipinski definition) is 6. The SMILES string of the molecule is Cc1cn([C@H]2C[C@H](O)[C@@H](COP(C)(=O)Cl)O2)c(=O)[nH]c1=O. The van der Waals surface area contributed by atoms with Crippen molar-refractivity contribution in [2.24, 2.45) is 0 Å². The number of H-pyrrole nitrogens is 1. The van der Waals surface area contributed by atoms with E-state index in [0.717, 1.165) is 0 Å². The molecule has 1 aliphatic heterocycles. The number of hydrogen-bond donors (Lipinski definition) is 2. The molecular weight excluding hydrogens is 323 g/mol. The minimum atomic E-state index is -3.20. The fourth-order valence-electron chi connectivity index (χ4n) is 2.04. The molecule has 2 rings (SSSR count). The number of aliphatic hydroxyl groups excluding tert-OH is 1. The molecule has 0 aliphatic carbocycles. The van der Waals surface area contributed by atoms with Crippen LogP contribution in [0.3, 0.4) is 0 Å². The maximum absolute atomic E-state index is 11.8. The summed E-state index contributed by atoms with van der Waals surface area (Å²) in [6.07, 6.45) is -0.856. The molecule has 1 fully saturated rings. The first-order valence-corrected chi connectivity index (χ1v) is 9.22. The van der Waals surface area contributed by atoms with Gasteiger partial charge in [-0.1, -0.05) is 0 Å². The van der Waals surface area contributed by atoms with E-state index >= 15 is 0 Å². The van der Waals surface area contributed by atoms with E-state index in [-0.39, 0.29) is 13.0 Å². The number of halogens is 1. The van der Waals surface area contributed by atoms with Crippen LogP contribution >= 0.6 is 18.0 Å². The van der Waals surface area contributed by atoms with Gasteiger partial charge in [0.05, 0.1) is 12.7 Å². The van der Waals surface area contributed by atoms with E-state index in [1.54, 1.807) is 6.92 Å².